The SMILES string of the molecule is CC(N)c1nc(C(=O)NC2CCCNC2=O)cs1. The van der Waals surface area contributed by atoms with Gasteiger partial charge < -0.3 is 16.4 Å². The molecular formula is C11H16N4O2S. The van der Waals surface area contributed by atoms with Crippen LogP contribution in [-0.4, -0.2) is 29.4 Å². The lowest BCUT2D eigenvalue weighted by atomic mass is 10.1. The van der Waals surface area contributed by atoms with Crippen molar-refractivity contribution in [1.82, 2.24) is 15.6 Å². The average molecular weight is 268 g/mol. The Morgan fingerprint density at radius 1 is 1.72 bits per heavy atom. The van der Waals surface area contributed by atoms with E-state index in [0.717, 1.165) is 6.42 Å². The standard InChI is InChI=1S/C11H16N4O2S/c1-6(12)11-15-8(5-18-11)10(17)14-7-3-2-4-13-9(7)16/h5-7H,2-4,12H2,1H3,(H,13,16)(H,14,17). The van der Waals surface area contributed by atoms with E-state index in [9.17, 15) is 9.59 Å². The first-order valence-corrected chi connectivity index (χ1v) is 6.75. The minimum absolute atomic E-state index is 0.128. The lowest BCUT2D eigenvalue weighted by Gasteiger charge is -2.22. The Balaban J connectivity index is 2.00. The lowest BCUT2D eigenvalue weighted by Crippen LogP contribution is -2.50. The van der Waals surface area contributed by atoms with Gasteiger partial charge in [0, 0.05) is 11.9 Å². The van der Waals surface area contributed by atoms with Crippen molar-refractivity contribution in [2.24, 2.45) is 5.73 Å². The van der Waals surface area contributed by atoms with Gasteiger partial charge in [-0.2, -0.15) is 0 Å². The highest BCUT2D eigenvalue weighted by Crippen LogP contribution is 2.16. The molecule has 0 radical (unpaired) electrons. The molecular weight excluding hydrogens is 252 g/mol. The molecule has 1 aliphatic heterocycles. The third kappa shape index (κ3) is 2.85. The number of carbonyl (C=O) groups is 2. The number of nitrogens with one attached hydrogen (secondary N) is 2. The fraction of sp³-hybridized carbons (Fsp3) is 0.545. The molecule has 98 valence electrons. The number of amides is 2. The molecule has 18 heavy (non-hydrogen) atoms. The van der Waals surface area contributed by atoms with Crippen LogP contribution in [0.3, 0.4) is 0 Å². The minimum Gasteiger partial charge on any atom is -0.354 e. The Kier molecular flexibility index (Phi) is 3.93. The molecule has 1 aromatic rings. The summed E-state index contributed by atoms with van der Waals surface area (Å²) in [5.74, 6) is -0.447. The van der Waals surface area contributed by atoms with Crippen molar-refractivity contribution in [2.45, 2.75) is 31.8 Å². The Hall–Kier alpha value is -1.47. The summed E-state index contributed by atoms with van der Waals surface area (Å²) in [6, 6.07) is -0.638. The van der Waals surface area contributed by atoms with Crippen LogP contribution >= 0.6 is 11.3 Å². The minimum atomic E-state index is -0.452. The topological polar surface area (TPSA) is 97.1 Å². The third-order valence-corrected chi connectivity index (χ3v) is 3.78. The highest BCUT2D eigenvalue weighted by Gasteiger charge is 2.25. The number of piperidine rings is 1. The largest absolute Gasteiger partial charge is 0.354 e. The fourth-order valence-corrected chi connectivity index (χ4v) is 2.50. The Morgan fingerprint density at radius 3 is 3.11 bits per heavy atom. The predicted octanol–water partition coefficient (Wildman–Crippen LogP) is 0.171. The van der Waals surface area contributed by atoms with Gasteiger partial charge in [0.1, 0.15) is 16.7 Å². The van der Waals surface area contributed by atoms with Gasteiger partial charge in [-0.05, 0) is 19.8 Å². The van der Waals surface area contributed by atoms with Gasteiger partial charge in [0.25, 0.3) is 5.91 Å². The zero-order chi connectivity index (χ0) is 13.1. The van der Waals surface area contributed by atoms with Gasteiger partial charge in [-0.15, -0.1) is 11.3 Å². The number of hydrogen-bond acceptors (Lipinski definition) is 5. The second-order valence-electron chi connectivity index (χ2n) is 4.32. The molecule has 7 heteroatoms. The smallest absolute Gasteiger partial charge is 0.271 e. The first-order valence-electron chi connectivity index (χ1n) is 5.87. The van der Waals surface area contributed by atoms with Gasteiger partial charge in [-0.3, -0.25) is 9.59 Å². The van der Waals surface area contributed by atoms with E-state index in [2.05, 4.69) is 15.6 Å². The molecule has 0 spiro atoms. The molecule has 6 nitrogen and oxygen atoms in total. The van der Waals surface area contributed by atoms with E-state index in [1.807, 2.05) is 6.92 Å². The quantitative estimate of drug-likeness (QED) is 0.728. The Labute approximate surface area is 109 Å². The molecule has 2 rings (SSSR count). The molecule has 0 saturated carbocycles. The first-order chi connectivity index (χ1) is 8.58. The molecule has 2 heterocycles. The van der Waals surface area contributed by atoms with Crippen LogP contribution in [0.1, 0.15) is 41.3 Å². The van der Waals surface area contributed by atoms with Crippen molar-refractivity contribution >= 4 is 23.2 Å². The van der Waals surface area contributed by atoms with Gasteiger partial charge >= 0.3 is 0 Å². The maximum atomic E-state index is 11.9. The van der Waals surface area contributed by atoms with Gasteiger partial charge in [0.2, 0.25) is 5.91 Å². The number of carbonyl (C=O) groups excluding carboxylic acids is 2. The summed E-state index contributed by atoms with van der Waals surface area (Å²) in [7, 11) is 0. The van der Waals surface area contributed by atoms with Crippen molar-refractivity contribution < 1.29 is 9.59 Å². The van der Waals surface area contributed by atoms with E-state index in [1.54, 1.807) is 5.38 Å². The van der Waals surface area contributed by atoms with Crippen LogP contribution in [-0.2, 0) is 4.79 Å². The van der Waals surface area contributed by atoms with Crippen LogP contribution in [0.2, 0.25) is 0 Å². The second-order valence-corrected chi connectivity index (χ2v) is 5.21. The molecule has 0 aliphatic carbocycles. The Bertz CT molecular complexity index is 458. The van der Waals surface area contributed by atoms with Gasteiger partial charge in [0.15, 0.2) is 0 Å². The maximum Gasteiger partial charge on any atom is 0.271 e. The Morgan fingerprint density at radius 2 is 2.50 bits per heavy atom. The summed E-state index contributed by atoms with van der Waals surface area (Å²) in [6.07, 6.45) is 1.54. The fourth-order valence-electron chi connectivity index (χ4n) is 1.74. The molecule has 0 aromatic carbocycles. The summed E-state index contributed by atoms with van der Waals surface area (Å²) >= 11 is 1.35. The molecule has 2 amide bonds. The van der Waals surface area contributed by atoms with Gasteiger partial charge in [-0.1, -0.05) is 0 Å². The molecule has 1 fully saturated rings. The van der Waals surface area contributed by atoms with Crippen molar-refractivity contribution in [3.8, 4) is 0 Å². The van der Waals surface area contributed by atoms with Crippen molar-refractivity contribution in [1.29, 1.82) is 0 Å². The maximum absolute atomic E-state index is 11.9. The van der Waals surface area contributed by atoms with Crippen molar-refractivity contribution in [3.63, 3.8) is 0 Å². The van der Waals surface area contributed by atoms with Crippen molar-refractivity contribution in [3.05, 3.63) is 16.1 Å². The summed E-state index contributed by atoms with van der Waals surface area (Å²) in [4.78, 5) is 27.6. The number of thiazole rings is 1. The van der Waals surface area contributed by atoms with Crippen LogP contribution < -0.4 is 16.4 Å². The van der Waals surface area contributed by atoms with E-state index < -0.39 is 6.04 Å². The second kappa shape index (κ2) is 5.45. The predicted molar refractivity (Wildman–Crippen MR) is 68.2 cm³/mol. The van der Waals surface area contributed by atoms with E-state index in [1.165, 1.54) is 11.3 Å². The molecule has 4 N–H and O–H groups in total. The number of nitrogens with two attached hydrogens (primary N) is 1. The molecule has 2 atom stereocenters. The monoisotopic (exact) mass is 268 g/mol. The molecule has 0 bridgehead atoms. The van der Waals surface area contributed by atoms with E-state index in [-0.39, 0.29) is 17.9 Å². The summed E-state index contributed by atoms with van der Waals surface area (Å²) < 4.78 is 0. The normalized spacial score (nSPS) is 21.2. The number of hydrogen-bond donors (Lipinski definition) is 3. The van der Waals surface area contributed by atoms with Crippen LogP contribution in [0, 0.1) is 0 Å². The first kappa shape index (κ1) is 13.0. The molecule has 1 aromatic heterocycles. The van der Waals surface area contributed by atoms with Crippen LogP contribution in [0.15, 0.2) is 5.38 Å². The summed E-state index contributed by atoms with van der Waals surface area (Å²) in [5, 5.41) is 7.79. The molecule has 1 saturated heterocycles. The average Bonchev–Trinajstić information content (AvgIpc) is 2.81. The van der Waals surface area contributed by atoms with Crippen LogP contribution in [0.25, 0.3) is 0 Å². The third-order valence-electron chi connectivity index (χ3n) is 2.73. The van der Waals surface area contributed by atoms with E-state index >= 15 is 0 Å². The van der Waals surface area contributed by atoms with Gasteiger partial charge in [-0.25, -0.2) is 4.98 Å². The van der Waals surface area contributed by atoms with Crippen LogP contribution in [0.4, 0.5) is 0 Å². The lowest BCUT2D eigenvalue weighted by molar-refractivity contribution is -0.124. The highest BCUT2D eigenvalue weighted by atomic mass is 32.1. The number of rotatable bonds is 3. The zero-order valence-corrected chi connectivity index (χ0v) is 10.9. The zero-order valence-electron chi connectivity index (χ0n) is 10.1. The van der Waals surface area contributed by atoms with Crippen LogP contribution in [0.5, 0.6) is 0 Å². The number of nitrogens with zero attached hydrogens (tertiary/aromatic N) is 1. The molecule has 1 aliphatic rings. The summed E-state index contributed by atoms with van der Waals surface area (Å²) in [5.41, 5.74) is 6.01. The molecule has 2 unspecified atom stereocenters. The van der Waals surface area contributed by atoms with E-state index in [0.29, 0.717) is 23.7 Å². The van der Waals surface area contributed by atoms with Crippen molar-refractivity contribution in [2.75, 3.05) is 6.54 Å². The summed E-state index contributed by atoms with van der Waals surface area (Å²) in [6.45, 7) is 2.49. The van der Waals surface area contributed by atoms with Gasteiger partial charge in [0.05, 0.1) is 6.04 Å². The number of aromatic nitrogens is 1. The highest BCUT2D eigenvalue weighted by molar-refractivity contribution is 7.09. The van der Waals surface area contributed by atoms with E-state index in [4.69, 9.17) is 5.73 Å².